The number of benzene rings is 1. The summed E-state index contributed by atoms with van der Waals surface area (Å²) in [6, 6.07) is 7.32. The molecule has 0 saturated heterocycles. The van der Waals surface area contributed by atoms with Gasteiger partial charge in [0, 0.05) is 17.8 Å². The number of primary amides is 1. The van der Waals surface area contributed by atoms with Crippen molar-refractivity contribution in [3.05, 3.63) is 29.8 Å². The Hall–Kier alpha value is -2.50. The van der Waals surface area contributed by atoms with Gasteiger partial charge in [0.2, 0.25) is 0 Å². The second-order valence-electron chi connectivity index (χ2n) is 6.79. The molecule has 1 heterocycles. The molecule has 0 spiro atoms. The van der Waals surface area contributed by atoms with Gasteiger partial charge in [-0.15, -0.1) is 0 Å². The molecule has 0 saturated carbocycles. The molecule has 6 heteroatoms. The van der Waals surface area contributed by atoms with Gasteiger partial charge in [-0.2, -0.15) is 5.10 Å². The van der Waals surface area contributed by atoms with Crippen LogP contribution >= 0.6 is 0 Å². The fraction of sp³-hybridized carbons (Fsp3) is 0.500. The Bertz CT molecular complexity index is 706. The number of nitrogens with two attached hydrogens (primary N) is 3. The topological polar surface area (TPSA) is 113 Å². The summed E-state index contributed by atoms with van der Waals surface area (Å²) in [7, 11) is 0. The van der Waals surface area contributed by atoms with E-state index in [1.54, 1.807) is 16.8 Å². The van der Waals surface area contributed by atoms with Gasteiger partial charge in [-0.25, -0.2) is 0 Å². The number of carbonyl (C=O) groups excluding carboxylic acids is 1. The van der Waals surface area contributed by atoms with Crippen molar-refractivity contribution in [2.24, 2.45) is 5.73 Å². The van der Waals surface area contributed by atoms with Crippen LogP contribution in [0.1, 0.15) is 68.6 Å². The van der Waals surface area contributed by atoms with Crippen molar-refractivity contribution in [2.75, 3.05) is 11.5 Å². The van der Waals surface area contributed by atoms with Gasteiger partial charge in [-0.3, -0.25) is 9.48 Å². The summed E-state index contributed by atoms with van der Waals surface area (Å²) in [6.07, 6.45) is 9.87. The molecule has 0 atom stereocenters. The number of nitrogens with zero attached hydrogens (tertiary/aromatic N) is 2. The van der Waals surface area contributed by atoms with Crippen LogP contribution in [0, 0.1) is 0 Å². The number of rotatable bonds is 11. The minimum absolute atomic E-state index is 0.184. The quantitative estimate of drug-likeness (QED) is 0.417. The Kier molecular flexibility index (Phi) is 7.51. The lowest BCUT2D eigenvalue weighted by atomic mass is 10.1. The van der Waals surface area contributed by atoms with Gasteiger partial charge in [0.25, 0.3) is 5.91 Å². The second-order valence-corrected chi connectivity index (χ2v) is 6.79. The molecule has 0 aliphatic rings. The first-order valence-corrected chi connectivity index (χ1v) is 9.56. The zero-order valence-corrected chi connectivity index (χ0v) is 15.7. The summed E-state index contributed by atoms with van der Waals surface area (Å²) in [5, 5.41) is 4.35. The highest BCUT2D eigenvalue weighted by Gasteiger charge is 2.21. The van der Waals surface area contributed by atoms with Gasteiger partial charge in [-0.1, -0.05) is 64.0 Å². The third kappa shape index (κ3) is 5.25. The first kappa shape index (κ1) is 19.8. The first-order valence-electron chi connectivity index (χ1n) is 9.56. The predicted octanol–water partition coefficient (Wildman–Crippen LogP) is 3.95. The van der Waals surface area contributed by atoms with Crippen LogP contribution in [0.15, 0.2) is 24.3 Å². The molecule has 0 bridgehead atoms. The van der Waals surface area contributed by atoms with Crippen molar-refractivity contribution in [3.8, 4) is 11.3 Å². The van der Waals surface area contributed by atoms with Crippen LogP contribution < -0.4 is 17.2 Å². The summed E-state index contributed by atoms with van der Waals surface area (Å²) in [5.74, 6) is -0.375. The third-order valence-corrected chi connectivity index (χ3v) is 4.63. The van der Waals surface area contributed by atoms with Crippen molar-refractivity contribution in [1.29, 1.82) is 0 Å². The average molecular weight is 358 g/mol. The van der Waals surface area contributed by atoms with Crippen LogP contribution in [0.25, 0.3) is 11.3 Å². The summed E-state index contributed by atoms with van der Waals surface area (Å²) >= 11 is 0. The zero-order chi connectivity index (χ0) is 18.9. The lowest BCUT2D eigenvalue weighted by Gasteiger charge is -2.09. The molecule has 0 aliphatic heterocycles. The molecule has 0 unspecified atom stereocenters. The number of aromatic nitrogens is 2. The van der Waals surface area contributed by atoms with Crippen molar-refractivity contribution in [3.63, 3.8) is 0 Å². The van der Waals surface area contributed by atoms with E-state index in [-0.39, 0.29) is 11.4 Å². The van der Waals surface area contributed by atoms with Gasteiger partial charge in [-0.05, 0) is 18.6 Å². The molecule has 142 valence electrons. The van der Waals surface area contributed by atoms with E-state index >= 15 is 0 Å². The molecule has 0 radical (unpaired) electrons. The molecule has 1 aromatic carbocycles. The molecule has 1 aromatic heterocycles. The van der Waals surface area contributed by atoms with Crippen LogP contribution in [-0.4, -0.2) is 15.7 Å². The number of nitrogen functional groups attached to an aromatic ring is 2. The number of hydrogen-bond donors (Lipinski definition) is 3. The lowest BCUT2D eigenvalue weighted by molar-refractivity contribution is 0.100. The number of aryl methyl sites for hydroxylation is 1. The molecular weight excluding hydrogens is 326 g/mol. The highest BCUT2D eigenvalue weighted by Crippen LogP contribution is 2.29. The van der Waals surface area contributed by atoms with Gasteiger partial charge in [0.15, 0.2) is 5.82 Å². The number of hydrogen-bond acceptors (Lipinski definition) is 4. The van der Waals surface area contributed by atoms with E-state index in [1.807, 2.05) is 12.1 Å². The third-order valence-electron chi connectivity index (χ3n) is 4.63. The SMILES string of the molecule is CCCCCCCCCCn1nc(N)c(C(N)=O)c1-c1ccc(N)cc1. The molecule has 6 nitrogen and oxygen atoms in total. The standard InChI is InChI=1S/C20H31N5O/c1-2-3-4-5-6-7-8-9-14-25-18(15-10-12-16(21)13-11-15)17(20(23)26)19(22)24-25/h10-13H,2-9,14,21H2,1H3,(H2,22,24)(H2,23,26). The average Bonchev–Trinajstić information content (AvgIpc) is 2.94. The van der Waals surface area contributed by atoms with Crippen LogP contribution in [0.3, 0.4) is 0 Å². The van der Waals surface area contributed by atoms with Crippen molar-refractivity contribution >= 4 is 17.4 Å². The van der Waals surface area contributed by atoms with Crippen molar-refractivity contribution in [2.45, 2.75) is 64.8 Å². The summed E-state index contributed by atoms with van der Waals surface area (Å²) in [6.45, 7) is 2.95. The van der Waals surface area contributed by atoms with E-state index < -0.39 is 5.91 Å². The maximum Gasteiger partial charge on any atom is 0.254 e. The van der Waals surface area contributed by atoms with Gasteiger partial charge < -0.3 is 17.2 Å². The van der Waals surface area contributed by atoms with E-state index in [1.165, 1.54) is 38.5 Å². The van der Waals surface area contributed by atoms with Crippen LogP contribution in [0.5, 0.6) is 0 Å². The summed E-state index contributed by atoms with van der Waals surface area (Å²) in [5.41, 5.74) is 19.7. The van der Waals surface area contributed by atoms with E-state index in [4.69, 9.17) is 17.2 Å². The first-order chi connectivity index (χ1) is 12.5. The Labute approximate surface area is 155 Å². The van der Waals surface area contributed by atoms with Gasteiger partial charge in [0.05, 0.1) is 5.69 Å². The molecule has 1 amide bonds. The molecule has 0 aliphatic carbocycles. The Balaban J connectivity index is 2.03. The number of anilines is 2. The number of amides is 1. The van der Waals surface area contributed by atoms with E-state index in [0.29, 0.717) is 17.9 Å². The van der Waals surface area contributed by atoms with E-state index in [2.05, 4.69) is 12.0 Å². The largest absolute Gasteiger partial charge is 0.399 e. The number of carbonyl (C=O) groups is 1. The van der Waals surface area contributed by atoms with Crippen LogP contribution in [-0.2, 0) is 6.54 Å². The highest BCUT2D eigenvalue weighted by atomic mass is 16.1. The predicted molar refractivity (Wildman–Crippen MR) is 108 cm³/mol. The Morgan fingerprint density at radius 2 is 1.54 bits per heavy atom. The maximum absolute atomic E-state index is 11.9. The Morgan fingerprint density at radius 1 is 0.962 bits per heavy atom. The van der Waals surface area contributed by atoms with Crippen molar-refractivity contribution < 1.29 is 4.79 Å². The second kappa shape index (κ2) is 9.85. The molecule has 2 rings (SSSR count). The zero-order valence-electron chi connectivity index (χ0n) is 15.7. The van der Waals surface area contributed by atoms with Gasteiger partial charge in [0.1, 0.15) is 5.56 Å². The smallest absolute Gasteiger partial charge is 0.254 e. The van der Waals surface area contributed by atoms with Crippen molar-refractivity contribution in [1.82, 2.24) is 9.78 Å². The highest BCUT2D eigenvalue weighted by molar-refractivity contribution is 6.03. The normalized spacial score (nSPS) is 11.0. The van der Waals surface area contributed by atoms with E-state index in [9.17, 15) is 4.79 Å². The molecule has 26 heavy (non-hydrogen) atoms. The molecular formula is C20H31N5O. The van der Waals surface area contributed by atoms with E-state index in [0.717, 1.165) is 18.4 Å². The van der Waals surface area contributed by atoms with Gasteiger partial charge >= 0.3 is 0 Å². The molecule has 6 N–H and O–H groups in total. The van der Waals surface area contributed by atoms with Crippen LogP contribution in [0.4, 0.5) is 11.5 Å². The summed E-state index contributed by atoms with van der Waals surface area (Å²) < 4.78 is 1.80. The minimum atomic E-state index is -0.559. The maximum atomic E-state index is 11.9. The number of unbranched alkanes of at least 4 members (excludes halogenated alkanes) is 7. The minimum Gasteiger partial charge on any atom is -0.399 e. The monoisotopic (exact) mass is 357 g/mol. The fourth-order valence-electron chi connectivity index (χ4n) is 3.21. The lowest BCUT2D eigenvalue weighted by Crippen LogP contribution is -2.14. The molecule has 0 fully saturated rings. The molecule has 2 aromatic rings. The fourth-order valence-corrected chi connectivity index (χ4v) is 3.21. The summed E-state index contributed by atoms with van der Waals surface area (Å²) in [4.78, 5) is 11.9. The Morgan fingerprint density at radius 3 is 2.12 bits per heavy atom. The van der Waals surface area contributed by atoms with Crippen LogP contribution in [0.2, 0.25) is 0 Å².